The first-order valence-electron chi connectivity index (χ1n) is 13.3. The van der Waals surface area contributed by atoms with Gasteiger partial charge in [-0.1, -0.05) is 96.8 Å². The first-order chi connectivity index (χ1) is 16.3. The predicted octanol–water partition coefficient (Wildman–Crippen LogP) is 4.69. The van der Waals surface area contributed by atoms with Crippen molar-refractivity contribution in [3.8, 4) is 0 Å². The van der Waals surface area contributed by atoms with Crippen LogP contribution in [0.3, 0.4) is 0 Å². The number of hydrogen-bond donors (Lipinski definition) is 5. The molecule has 0 unspecified atom stereocenters. The number of aliphatic carboxylic acids is 2. The van der Waals surface area contributed by atoms with Gasteiger partial charge in [-0.25, -0.2) is 0 Å². The standard InChI is InChI=1S/C18H36O2.C6H15NO3.C2H4O2/c1-2-3-4-5-6-7-8-9-10-11-12-13-14-15-16-17-18(19)20;8-4-1-7(2-5-9)3-6-10;1-2(3)4/h2-17H2,1H3,(H,19,20);8-10H,1-6H2;1H3,(H,3,4). The van der Waals surface area contributed by atoms with Crippen LogP contribution in [-0.4, -0.2) is 81.8 Å². The Morgan fingerprint density at radius 2 is 0.824 bits per heavy atom. The van der Waals surface area contributed by atoms with E-state index in [4.69, 9.17) is 30.3 Å². The van der Waals surface area contributed by atoms with Crippen LogP contribution < -0.4 is 0 Å². The van der Waals surface area contributed by atoms with Gasteiger partial charge in [0, 0.05) is 33.0 Å². The molecule has 0 spiro atoms. The third kappa shape index (κ3) is 44.5. The highest BCUT2D eigenvalue weighted by atomic mass is 16.4. The summed E-state index contributed by atoms with van der Waals surface area (Å²) in [7, 11) is 0. The van der Waals surface area contributed by atoms with Gasteiger partial charge >= 0.3 is 5.97 Å². The SMILES string of the molecule is CC(=O)O.CCCCCCCCCCCCCCCCCC(=O)O.OCCN(CCO)CCO. The molecule has 0 saturated carbocycles. The lowest BCUT2D eigenvalue weighted by Crippen LogP contribution is -2.32. The van der Waals surface area contributed by atoms with Crippen LogP contribution >= 0.6 is 0 Å². The quantitative estimate of drug-likeness (QED) is 0.137. The van der Waals surface area contributed by atoms with Gasteiger partial charge in [-0.3, -0.25) is 14.5 Å². The molecule has 0 fully saturated rings. The average molecular weight is 494 g/mol. The molecule has 0 bridgehead atoms. The Morgan fingerprint density at radius 3 is 1.06 bits per heavy atom. The van der Waals surface area contributed by atoms with Gasteiger partial charge in [-0.15, -0.1) is 0 Å². The maximum absolute atomic E-state index is 10.3. The summed E-state index contributed by atoms with van der Waals surface area (Å²) in [5.41, 5.74) is 0. The molecule has 8 heteroatoms. The van der Waals surface area contributed by atoms with E-state index >= 15 is 0 Å². The van der Waals surface area contributed by atoms with Crippen LogP contribution in [0, 0.1) is 0 Å². The lowest BCUT2D eigenvalue weighted by molar-refractivity contribution is -0.137. The summed E-state index contributed by atoms with van der Waals surface area (Å²) in [5.74, 6) is -1.49. The van der Waals surface area contributed by atoms with Crippen LogP contribution in [0.5, 0.6) is 0 Å². The summed E-state index contributed by atoms with van der Waals surface area (Å²) in [4.78, 5) is 21.1. The van der Waals surface area contributed by atoms with E-state index in [-0.39, 0.29) is 19.8 Å². The number of unbranched alkanes of at least 4 members (excludes halogenated alkanes) is 14. The lowest BCUT2D eigenvalue weighted by atomic mass is 10.0. The lowest BCUT2D eigenvalue weighted by Gasteiger charge is -2.17. The highest BCUT2D eigenvalue weighted by molar-refractivity contribution is 5.66. The number of rotatable bonds is 22. The van der Waals surface area contributed by atoms with Gasteiger partial charge in [-0.05, 0) is 6.42 Å². The van der Waals surface area contributed by atoms with Crippen LogP contribution in [0.2, 0.25) is 0 Å². The molecule has 0 saturated heterocycles. The van der Waals surface area contributed by atoms with E-state index in [9.17, 15) is 4.79 Å². The normalized spacial score (nSPS) is 10.3. The predicted molar refractivity (Wildman–Crippen MR) is 138 cm³/mol. The first kappa shape index (κ1) is 37.3. The Hall–Kier alpha value is -1.22. The topological polar surface area (TPSA) is 139 Å². The van der Waals surface area contributed by atoms with Crippen LogP contribution in [0.25, 0.3) is 0 Å². The van der Waals surface area contributed by atoms with Gasteiger partial charge in [-0.2, -0.15) is 0 Å². The maximum atomic E-state index is 10.3. The van der Waals surface area contributed by atoms with Crippen LogP contribution in [0.4, 0.5) is 0 Å². The first-order valence-corrected chi connectivity index (χ1v) is 13.3. The molecule has 0 heterocycles. The minimum absolute atomic E-state index is 0.0694. The van der Waals surface area contributed by atoms with E-state index < -0.39 is 11.9 Å². The highest BCUT2D eigenvalue weighted by Crippen LogP contribution is 2.13. The summed E-state index contributed by atoms with van der Waals surface area (Å²) >= 11 is 0. The molecular weight excluding hydrogens is 438 g/mol. The molecule has 0 aliphatic rings. The number of carboxylic acid groups (broad SMARTS) is 2. The van der Waals surface area contributed by atoms with Crippen molar-refractivity contribution in [2.24, 2.45) is 0 Å². The van der Waals surface area contributed by atoms with E-state index in [0.717, 1.165) is 19.8 Å². The fourth-order valence-corrected chi connectivity index (χ4v) is 3.41. The fourth-order valence-electron chi connectivity index (χ4n) is 3.41. The number of nitrogens with zero attached hydrogens (tertiary/aromatic N) is 1. The van der Waals surface area contributed by atoms with Crippen LogP contribution in [-0.2, 0) is 9.59 Å². The van der Waals surface area contributed by atoms with Gasteiger partial charge in [0.15, 0.2) is 0 Å². The summed E-state index contributed by atoms with van der Waals surface area (Å²) in [6.07, 6.45) is 20.2. The second-order valence-electron chi connectivity index (χ2n) is 8.62. The minimum Gasteiger partial charge on any atom is -0.481 e. The van der Waals surface area contributed by atoms with Crippen LogP contribution in [0.1, 0.15) is 117 Å². The molecule has 34 heavy (non-hydrogen) atoms. The summed E-state index contributed by atoms with van der Waals surface area (Å²) in [6.45, 7) is 5.11. The van der Waals surface area contributed by atoms with Crippen molar-refractivity contribution in [2.45, 2.75) is 117 Å². The van der Waals surface area contributed by atoms with Gasteiger partial charge in [0.05, 0.1) is 19.8 Å². The van der Waals surface area contributed by atoms with E-state index in [1.807, 2.05) is 0 Å². The average Bonchev–Trinajstić information content (AvgIpc) is 2.77. The number of carboxylic acids is 2. The van der Waals surface area contributed by atoms with E-state index in [0.29, 0.717) is 26.1 Å². The second kappa shape index (κ2) is 34.0. The van der Waals surface area contributed by atoms with Crippen molar-refractivity contribution in [1.29, 1.82) is 0 Å². The molecule has 5 N–H and O–H groups in total. The molecule has 0 radical (unpaired) electrons. The van der Waals surface area contributed by atoms with Crippen molar-refractivity contribution in [3.05, 3.63) is 0 Å². The molecule has 0 aromatic carbocycles. The fraction of sp³-hybridized carbons (Fsp3) is 0.923. The minimum atomic E-state index is -0.833. The monoisotopic (exact) mass is 493 g/mol. The van der Waals surface area contributed by atoms with Crippen LogP contribution in [0.15, 0.2) is 0 Å². The van der Waals surface area contributed by atoms with Gasteiger partial charge in [0.2, 0.25) is 0 Å². The zero-order valence-electron chi connectivity index (χ0n) is 22.1. The molecule has 0 aromatic rings. The number of hydrogen-bond acceptors (Lipinski definition) is 6. The Kier molecular flexibility index (Phi) is 37.3. The van der Waals surface area contributed by atoms with Gasteiger partial charge in [0.1, 0.15) is 0 Å². The largest absolute Gasteiger partial charge is 0.481 e. The van der Waals surface area contributed by atoms with Crippen molar-refractivity contribution in [3.63, 3.8) is 0 Å². The molecule has 0 aromatic heterocycles. The molecule has 0 amide bonds. The Bertz CT molecular complexity index is 390. The Balaban J connectivity index is -0.000000568. The molecule has 0 aliphatic carbocycles. The Labute approximate surface area is 208 Å². The van der Waals surface area contributed by atoms with E-state index in [1.54, 1.807) is 4.90 Å². The highest BCUT2D eigenvalue weighted by Gasteiger charge is 2.00. The van der Waals surface area contributed by atoms with Gasteiger partial charge in [0.25, 0.3) is 5.97 Å². The second-order valence-corrected chi connectivity index (χ2v) is 8.62. The van der Waals surface area contributed by atoms with Crippen molar-refractivity contribution >= 4 is 11.9 Å². The van der Waals surface area contributed by atoms with E-state index in [2.05, 4.69) is 6.92 Å². The third-order valence-electron chi connectivity index (χ3n) is 5.24. The molecule has 0 aliphatic heterocycles. The number of carbonyl (C=O) groups is 2. The summed E-state index contributed by atoms with van der Waals surface area (Å²) in [5, 5.41) is 41.4. The Morgan fingerprint density at radius 1 is 0.559 bits per heavy atom. The summed E-state index contributed by atoms with van der Waals surface area (Å²) in [6, 6.07) is 0. The molecule has 0 atom stereocenters. The molecular formula is C26H55NO7. The number of aliphatic hydroxyl groups excluding tert-OH is 3. The van der Waals surface area contributed by atoms with Crippen molar-refractivity contribution in [1.82, 2.24) is 4.90 Å². The smallest absolute Gasteiger partial charge is 0.303 e. The molecule has 0 rings (SSSR count). The molecule has 206 valence electrons. The number of aliphatic hydroxyl groups is 3. The van der Waals surface area contributed by atoms with Gasteiger partial charge < -0.3 is 25.5 Å². The molecule has 8 nitrogen and oxygen atoms in total. The third-order valence-corrected chi connectivity index (χ3v) is 5.24. The summed E-state index contributed by atoms with van der Waals surface area (Å²) < 4.78 is 0. The van der Waals surface area contributed by atoms with E-state index in [1.165, 1.54) is 83.5 Å². The zero-order chi connectivity index (χ0) is 26.3. The van der Waals surface area contributed by atoms with Crippen molar-refractivity contribution < 1.29 is 35.1 Å². The zero-order valence-corrected chi connectivity index (χ0v) is 22.1. The van der Waals surface area contributed by atoms with Crippen molar-refractivity contribution in [2.75, 3.05) is 39.5 Å². The maximum Gasteiger partial charge on any atom is 0.303 e.